The maximum atomic E-state index is 14.3. The number of carbonyl (C=O) groups excluding carboxylic acids is 2. The molecule has 7 nitrogen and oxygen atoms in total. The number of furan rings is 2. The molecule has 0 aliphatic carbocycles. The first-order valence-corrected chi connectivity index (χ1v) is 11.0. The lowest BCUT2D eigenvalue weighted by Crippen LogP contribution is -2.20. The minimum atomic E-state index is -1.21. The molecule has 0 unspecified atom stereocenters. The molecule has 0 radical (unpaired) electrons. The molecule has 0 saturated heterocycles. The molecule has 0 bridgehead atoms. The molecule has 2 aromatic carbocycles. The number of hydrogen-bond donors (Lipinski definition) is 1. The SMILES string of the molecule is CC(C)(C)c1c(C(=O)OOC(=O)Nc2cc3c(Br)ccc(F)c3o2)oc2c(F)ccc(Br)c12. The molecule has 4 aromatic rings. The van der Waals surface area contributed by atoms with Gasteiger partial charge in [0, 0.05) is 31.3 Å². The van der Waals surface area contributed by atoms with Crippen molar-refractivity contribution in [2.24, 2.45) is 0 Å². The lowest BCUT2D eigenvalue weighted by molar-refractivity contribution is -0.180. The number of rotatable bonds is 2. The van der Waals surface area contributed by atoms with Gasteiger partial charge in [0.05, 0.1) is 0 Å². The molecule has 2 aromatic heterocycles. The minimum Gasteiger partial charge on any atom is -0.445 e. The van der Waals surface area contributed by atoms with E-state index in [0.717, 1.165) is 0 Å². The fourth-order valence-electron chi connectivity index (χ4n) is 3.35. The van der Waals surface area contributed by atoms with Gasteiger partial charge in [0.2, 0.25) is 11.6 Å². The van der Waals surface area contributed by atoms with Crippen LogP contribution < -0.4 is 5.32 Å². The van der Waals surface area contributed by atoms with Gasteiger partial charge in [0.25, 0.3) is 0 Å². The van der Waals surface area contributed by atoms with E-state index in [0.29, 0.717) is 25.3 Å². The van der Waals surface area contributed by atoms with Gasteiger partial charge in [0.15, 0.2) is 22.8 Å². The van der Waals surface area contributed by atoms with Crippen molar-refractivity contribution in [2.45, 2.75) is 26.2 Å². The summed E-state index contributed by atoms with van der Waals surface area (Å²) in [5.74, 6) is -2.89. The lowest BCUT2D eigenvalue weighted by Gasteiger charge is -2.18. The first kappa shape index (κ1) is 23.2. The van der Waals surface area contributed by atoms with Gasteiger partial charge in [-0.05, 0) is 29.7 Å². The fourth-order valence-corrected chi connectivity index (χ4v) is 4.28. The predicted molar refractivity (Wildman–Crippen MR) is 122 cm³/mol. The number of anilines is 1. The Hall–Kier alpha value is -2.92. The van der Waals surface area contributed by atoms with Crippen LogP contribution >= 0.6 is 31.9 Å². The van der Waals surface area contributed by atoms with E-state index in [2.05, 4.69) is 47.0 Å². The Morgan fingerprint density at radius 2 is 1.58 bits per heavy atom. The molecule has 0 aliphatic heterocycles. The standard InChI is InChI=1S/C22H15Br2F2NO6/c1-22(2,3)16-15-11(24)5-7-13(26)18(15)31-19(16)20(28)32-33-21(29)27-14-8-9-10(23)4-6-12(25)17(9)30-14/h4-8H,1-3H3,(H,27,29). The van der Waals surface area contributed by atoms with E-state index in [9.17, 15) is 18.4 Å². The van der Waals surface area contributed by atoms with E-state index in [-0.39, 0.29) is 22.8 Å². The fraction of sp³-hybridized carbons (Fsp3) is 0.182. The van der Waals surface area contributed by atoms with E-state index in [4.69, 9.17) is 8.83 Å². The average Bonchev–Trinajstić information content (AvgIpc) is 3.35. The van der Waals surface area contributed by atoms with E-state index in [1.165, 1.54) is 30.3 Å². The van der Waals surface area contributed by atoms with E-state index < -0.39 is 29.1 Å². The molecule has 0 atom stereocenters. The summed E-state index contributed by atoms with van der Waals surface area (Å²) in [6.07, 6.45) is -1.21. The van der Waals surface area contributed by atoms with Crippen LogP contribution in [0.25, 0.3) is 21.9 Å². The number of nitrogens with one attached hydrogen (secondary N) is 1. The normalized spacial score (nSPS) is 11.7. The zero-order chi connectivity index (χ0) is 24.1. The summed E-state index contributed by atoms with van der Waals surface area (Å²) < 4.78 is 40.0. The predicted octanol–water partition coefficient (Wildman–Crippen LogP) is 7.60. The Morgan fingerprint density at radius 3 is 2.21 bits per heavy atom. The van der Waals surface area contributed by atoms with Gasteiger partial charge in [-0.15, -0.1) is 0 Å². The molecule has 4 rings (SSSR count). The second-order valence-electron chi connectivity index (χ2n) is 8.04. The molecular weight excluding hydrogens is 572 g/mol. The Labute approximate surface area is 202 Å². The van der Waals surface area contributed by atoms with Crippen molar-refractivity contribution in [3.8, 4) is 0 Å². The van der Waals surface area contributed by atoms with Crippen LogP contribution in [0.4, 0.5) is 19.5 Å². The monoisotopic (exact) mass is 585 g/mol. The number of fused-ring (bicyclic) bond motifs is 2. The smallest absolute Gasteiger partial charge is 0.445 e. The third kappa shape index (κ3) is 4.34. The average molecular weight is 587 g/mol. The Morgan fingerprint density at radius 1 is 0.939 bits per heavy atom. The Balaban J connectivity index is 1.55. The number of hydrogen-bond acceptors (Lipinski definition) is 6. The van der Waals surface area contributed by atoms with E-state index in [1.54, 1.807) is 20.8 Å². The van der Waals surface area contributed by atoms with Gasteiger partial charge < -0.3 is 8.83 Å². The Bertz CT molecular complexity index is 1380. The summed E-state index contributed by atoms with van der Waals surface area (Å²) in [6.45, 7) is 5.41. The van der Waals surface area contributed by atoms with Crippen molar-refractivity contribution in [2.75, 3.05) is 5.32 Å². The minimum absolute atomic E-state index is 0.0821. The molecule has 0 aliphatic rings. The highest BCUT2D eigenvalue weighted by Gasteiger charge is 2.33. The maximum Gasteiger partial charge on any atom is 0.457 e. The highest BCUT2D eigenvalue weighted by Crippen LogP contribution is 2.40. The summed E-state index contributed by atoms with van der Waals surface area (Å²) in [5.41, 5.74) is -0.498. The third-order valence-electron chi connectivity index (χ3n) is 4.68. The van der Waals surface area contributed by atoms with Gasteiger partial charge in [0.1, 0.15) is 0 Å². The van der Waals surface area contributed by atoms with Crippen molar-refractivity contribution in [3.63, 3.8) is 0 Å². The molecule has 0 spiro atoms. The van der Waals surface area contributed by atoms with Crippen molar-refractivity contribution in [1.29, 1.82) is 0 Å². The number of carbonyl (C=O) groups is 2. The summed E-state index contributed by atoms with van der Waals surface area (Å²) >= 11 is 6.60. The van der Waals surface area contributed by atoms with Crippen LogP contribution in [-0.4, -0.2) is 12.1 Å². The van der Waals surface area contributed by atoms with Crippen molar-refractivity contribution < 1.29 is 37.0 Å². The number of benzene rings is 2. The molecule has 33 heavy (non-hydrogen) atoms. The number of halogens is 4. The van der Waals surface area contributed by atoms with Gasteiger partial charge in [-0.25, -0.2) is 28.1 Å². The molecule has 1 amide bonds. The molecule has 1 N–H and O–H groups in total. The van der Waals surface area contributed by atoms with Crippen LogP contribution in [0.1, 0.15) is 36.9 Å². The van der Waals surface area contributed by atoms with Crippen molar-refractivity contribution in [3.05, 3.63) is 62.2 Å². The lowest BCUT2D eigenvalue weighted by atomic mass is 9.85. The van der Waals surface area contributed by atoms with E-state index >= 15 is 0 Å². The van der Waals surface area contributed by atoms with Crippen molar-refractivity contribution >= 4 is 71.7 Å². The summed E-state index contributed by atoms with van der Waals surface area (Å²) in [6, 6.07) is 6.73. The molecule has 11 heteroatoms. The van der Waals surface area contributed by atoms with Gasteiger partial charge in [-0.2, -0.15) is 0 Å². The van der Waals surface area contributed by atoms with Gasteiger partial charge >= 0.3 is 12.1 Å². The van der Waals surface area contributed by atoms with Crippen LogP contribution in [0.3, 0.4) is 0 Å². The first-order valence-electron chi connectivity index (χ1n) is 9.45. The zero-order valence-electron chi connectivity index (χ0n) is 17.3. The Kier molecular flexibility index (Phi) is 5.95. The van der Waals surface area contributed by atoms with Gasteiger partial charge in [-0.3, -0.25) is 5.32 Å². The summed E-state index contributed by atoms with van der Waals surface area (Å²) in [4.78, 5) is 33.9. The maximum absolute atomic E-state index is 14.3. The molecule has 172 valence electrons. The van der Waals surface area contributed by atoms with Crippen molar-refractivity contribution in [1.82, 2.24) is 0 Å². The quantitative estimate of drug-likeness (QED) is 0.192. The van der Waals surface area contributed by atoms with Crippen LogP contribution in [0.5, 0.6) is 0 Å². The molecule has 2 heterocycles. The molecule has 0 fully saturated rings. The molecule has 0 saturated carbocycles. The summed E-state index contributed by atoms with van der Waals surface area (Å²) in [5, 5.41) is 2.94. The van der Waals surface area contributed by atoms with Crippen LogP contribution in [-0.2, 0) is 15.2 Å². The third-order valence-corrected chi connectivity index (χ3v) is 6.03. The largest absolute Gasteiger partial charge is 0.457 e. The molecular formula is C22H15Br2F2NO6. The summed E-state index contributed by atoms with van der Waals surface area (Å²) in [7, 11) is 0. The second-order valence-corrected chi connectivity index (χ2v) is 9.75. The number of amides is 1. The zero-order valence-corrected chi connectivity index (χ0v) is 20.5. The second kappa shape index (κ2) is 8.45. The highest BCUT2D eigenvalue weighted by atomic mass is 79.9. The first-order chi connectivity index (χ1) is 15.5. The highest BCUT2D eigenvalue weighted by molar-refractivity contribution is 9.11. The van der Waals surface area contributed by atoms with Gasteiger partial charge in [-0.1, -0.05) is 52.6 Å². The van der Waals surface area contributed by atoms with Crippen LogP contribution in [0.15, 0.2) is 48.1 Å². The van der Waals surface area contributed by atoms with E-state index in [1.807, 2.05) is 0 Å². The topological polar surface area (TPSA) is 90.9 Å². The van der Waals surface area contributed by atoms with Crippen LogP contribution in [0, 0.1) is 11.6 Å². The van der Waals surface area contributed by atoms with Crippen LogP contribution in [0.2, 0.25) is 0 Å².